The second-order valence-corrected chi connectivity index (χ2v) is 6.57. The number of fused-ring (bicyclic) bond motifs is 1. The van der Waals surface area contributed by atoms with E-state index in [0.717, 1.165) is 0 Å². The van der Waals surface area contributed by atoms with Gasteiger partial charge < -0.3 is 44.8 Å². The highest BCUT2D eigenvalue weighted by molar-refractivity contribution is 5.05. The van der Waals surface area contributed by atoms with Gasteiger partial charge in [0, 0.05) is 18.4 Å². The van der Waals surface area contributed by atoms with E-state index in [1.807, 2.05) is 0 Å². The third-order valence-corrected chi connectivity index (χ3v) is 5.16. The normalized spacial score (nSPS) is 51.2. The summed E-state index contributed by atoms with van der Waals surface area (Å²) >= 11 is 0. The summed E-state index contributed by atoms with van der Waals surface area (Å²) in [5, 5.41) is 58.5. The molecule has 1 aliphatic carbocycles. The summed E-state index contributed by atoms with van der Waals surface area (Å²) in [4.78, 5) is 0. The third kappa shape index (κ3) is 3.06. The molecule has 0 radical (unpaired) electrons. The molecule has 6 N–H and O–H groups in total. The second kappa shape index (κ2) is 7.22. The van der Waals surface area contributed by atoms with Gasteiger partial charge in [-0.3, -0.25) is 0 Å². The minimum Gasteiger partial charge on any atom is -0.472 e. The summed E-state index contributed by atoms with van der Waals surface area (Å²) in [6.07, 6.45) is -4.99. The largest absolute Gasteiger partial charge is 0.472 e. The maximum absolute atomic E-state index is 10.1. The molecule has 0 bridgehead atoms. The zero-order valence-electron chi connectivity index (χ0n) is 13.0. The van der Waals surface area contributed by atoms with Gasteiger partial charge in [0.25, 0.3) is 0 Å². The fourth-order valence-corrected chi connectivity index (χ4v) is 3.79. The van der Waals surface area contributed by atoms with E-state index in [1.54, 1.807) is 6.08 Å². The van der Waals surface area contributed by atoms with E-state index in [1.165, 1.54) is 6.26 Å². The van der Waals surface area contributed by atoms with E-state index in [-0.39, 0.29) is 24.4 Å². The predicted molar refractivity (Wildman–Crippen MR) is 77.0 cm³/mol. The Morgan fingerprint density at radius 2 is 1.71 bits per heavy atom. The molecule has 6 unspecified atom stereocenters. The minimum atomic E-state index is -1.54. The molecular weight excluding hydrogens is 324 g/mol. The van der Waals surface area contributed by atoms with E-state index in [4.69, 9.17) is 14.2 Å². The second-order valence-electron chi connectivity index (χ2n) is 6.57. The third-order valence-electron chi connectivity index (χ3n) is 5.16. The van der Waals surface area contributed by atoms with Crippen LogP contribution in [0.15, 0.2) is 12.3 Å². The lowest BCUT2D eigenvalue weighted by Gasteiger charge is -2.42. The summed E-state index contributed by atoms with van der Waals surface area (Å²) < 4.78 is 16.4. The molecule has 24 heavy (non-hydrogen) atoms. The smallest absolute Gasteiger partial charge is 0.205 e. The predicted octanol–water partition coefficient (Wildman–Crippen LogP) is -2.72. The summed E-state index contributed by atoms with van der Waals surface area (Å²) in [7, 11) is 0. The monoisotopic (exact) mass is 348 g/mol. The van der Waals surface area contributed by atoms with E-state index < -0.39 is 49.7 Å². The van der Waals surface area contributed by atoms with Crippen molar-refractivity contribution in [2.24, 2.45) is 17.8 Å². The average Bonchev–Trinajstić information content (AvgIpc) is 2.92. The first kappa shape index (κ1) is 18.0. The Hall–Kier alpha value is -0.780. The van der Waals surface area contributed by atoms with E-state index in [0.29, 0.717) is 6.42 Å². The van der Waals surface area contributed by atoms with Crippen LogP contribution in [0, 0.1) is 17.8 Å². The summed E-state index contributed by atoms with van der Waals surface area (Å²) in [6.45, 7) is -0.704. The van der Waals surface area contributed by atoms with E-state index in [2.05, 4.69) is 0 Å². The Labute approximate surface area is 138 Å². The summed E-state index contributed by atoms with van der Waals surface area (Å²) in [6, 6.07) is 0. The molecule has 0 amide bonds. The number of hydrogen-bond donors (Lipinski definition) is 6. The summed E-state index contributed by atoms with van der Waals surface area (Å²) in [5.41, 5.74) is 0. The lowest BCUT2D eigenvalue weighted by Crippen LogP contribution is -2.60. The van der Waals surface area contributed by atoms with Crippen molar-refractivity contribution in [3.63, 3.8) is 0 Å². The zero-order valence-corrected chi connectivity index (χ0v) is 13.0. The highest BCUT2D eigenvalue weighted by Crippen LogP contribution is 2.44. The Bertz CT molecular complexity index is 456. The van der Waals surface area contributed by atoms with Gasteiger partial charge in [0.1, 0.15) is 24.4 Å². The van der Waals surface area contributed by atoms with Gasteiger partial charge in [0.05, 0.1) is 19.0 Å². The molecule has 2 fully saturated rings. The SMILES string of the molecule is OCC1CC(O)C2C=COC(OC3O[C@H](CO)[C@@H](O)[C@H](O)[C@H]3O)C12. The first-order valence-corrected chi connectivity index (χ1v) is 8.05. The topological polar surface area (TPSA) is 149 Å². The maximum Gasteiger partial charge on any atom is 0.205 e. The Morgan fingerprint density at radius 3 is 2.38 bits per heavy atom. The van der Waals surface area contributed by atoms with Crippen molar-refractivity contribution in [1.82, 2.24) is 0 Å². The molecule has 9 heteroatoms. The molecule has 1 saturated heterocycles. The standard InChI is InChI=1S/C15H24O9/c16-4-6-3-8(18)7-1-2-22-14(10(6)7)24-15-13(21)12(20)11(19)9(5-17)23-15/h1-2,6-21H,3-5H2/t6?,7?,8?,9-,10?,11-,12+,13-,14?,15?/m1/s1. The van der Waals surface area contributed by atoms with Gasteiger partial charge >= 0.3 is 0 Å². The number of rotatable bonds is 4. The molecule has 0 spiro atoms. The van der Waals surface area contributed by atoms with Crippen LogP contribution in [0.5, 0.6) is 0 Å². The zero-order chi connectivity index (χ0) is 17.4. The van der Waals surface area contributed by atoms with Gasteiger partial charge in [-0.25, -0.2) is 0 Å². The van der Waals surface area contributed by atoms with Crippen LogP contribution < -0.4 is 0 Å². The molecule has 9 nitrogen and oxygen atoms in total. The Morgan fingerprint density at radius 1 is 0.958 bits per heavy atom. The molecule has 3 aliphatic rings. The van der Waals surface area contributed by atoms with Crippen LogP contribution in [0.1, 0.15) is 6.42 Å². The highest BCUT2D eigenvalue weighted by atomic mass is 16.8. The van der Waals surface area contributed by atoms with Gasteiger partial charge in [0.2, 0.25) is 6.29 Å². The van der Waals surface area contributed by atoms with Crippen molar-refractivity contribution in [2.45, 2.75) is 49.5 Å². The summed E-state index contributed by atoms with van der Waals surface area (Å²) in [5.74, 6) is -0.849. The van der Waals surface area contributed by atoms with Crippen LogP contribution >= 0.6 is 0 Å². The first-order valence-electron chi connectivity index (χ1n) is 8.05. The van der Waals surface area contributed by atoms with Crippen LogP contribution in [0.3, 0.4) is 0 Å². The van der Waals surface area contributed by atoms with Gasteiger partial charge in [-0.1, -0.05) is 0 Å². The first-order chi connectivity index (χ1) is 11.5. The molecule has 0 aromatic rings. The van der Waals surface area contributed by atoms with Gasteiger partial charge in [0.15, 0.2) is 6.29 Å². The van der Waals surface area contributed by atoms with E-state index in [9.17, 15) is 30.6 Å². The highest BCUT2D eigenvalue weighted by Gasteiger charge is 2.51. The molecule has 1 saturated carbocycles. The molecule has 138 valence electrons. The van der Waals surface area contributed by atoms with Gasteiger partial charge in [-0.15, -0.1) is 0 Å². The Balaban J connectivity index is 1.73. The van der Waals surface area contributed by atoms with Gasteiger partial charge in [-0.2, -0.15) is 0 Å². The van der Waals surface area contributed by atoms with Crippen LogP contribution in [-0.4, -0.2) is 87.0 Å². The van der Waals surface area contributed by atoms with Crippen LogP contribution in [-0.2, 0) is 14.2 Å². The molecule has 2 aliphatic heterocycles. The lowest BCUT2D eigenvalue weighted by molar-refractivity contribution is -0.342. The van der Waals surface area contributed by atoms with Crippen molar-refractivity contribution in [3.8, 4) is 0 Å². The molecule has 0 aromatic carbocycles. The number of aliphatic hydroxyl groups is 6. The van der Waals surface area contributed by atoms with Gasteiger partial charge in [-0.05, 0) is 18.4 Å². The van der Waals surface area contributed by atoms with Crippen molar-refractivity contribution < 1.29 is 44.8 Å². The van der Waals surface area contributed by atoms with Crippen molar-refractivity contribution >= 4 is 0 Å². The lowest BCUT2D eigenvalue weighted by atomic mass is 9.87. The van der Waals surface area contributed by atoms with Crippen LogP contribution in [0.4, 0.5) is 0 Å². The maximum atomic E-state index is 10.1. The molecule has 3 rings (SSSR count). The quantitative estimate of drug-likeness (QED) is 0.318. The molecule has 0 aromatic heterocycles. The minimum absolute atomic E-state index is 0.149. The number of hydrogen-bond acceptors (Lipinski definition) is 9. The molecular formula is C15H24O9. The molecule has 2 heterocycles. The molecule has 10 atom stereocenters. The van der Waals surface area contributed by atoms with Crippen molar-refractivity contribution in [1.29, 1.82) is 0 Å². The van der Waals surface area contributed by atoms with Crippen molar-refractivity contribution in [2.75, 3.05) is 13.2 Å². The fraction of sp³-hybridized carbons (Fsp3) is 0.867. The fourth-order valence-electron chi connectivity index (χ4n) is 3.79. The van der Waals surface area contributed by atoms with E-state index >= 15 is 0 Å². The Kier molecular flexibility index (Phi) is 5.42. The van der Waals surface area contributed by atoms with Crippen LogP contribution in [0.25, 0.3) is 0 Å². The van der Waals surface area contributed by atoms with Crippen molar-refractivity contribution in [3.05, 3.63) is 12.3 Å². The van der Waals surface area contributed by atoms with Crippen LogP contribution in [0.2, 0.25) is 0 Å². The number of ether oxygens (including phenoxy) is 3. The average molecular weight is 348 g/mol. The number of aliphatic hydroxyl groups excluding tert-OH is 6.